The highest BCUT2D eigenvalue weighted by molar-refractivity contribution is 5.68. The van der Waals surface area contributed by atoms with Crippen LogP contribution in [0.2, 0.25) is 0 Å². The van der Waals surface area contributed by atoms with E-state index in [1.807, 2.05) is 29.2 Å². The van der Waals surface area contributed by atoms with Crippen LogP contribution >= 0.6 is 0 Å². The summed E-state index contributed by atoms with van der Waals surface area (Å²) in [6, 6.07) is 9.22. The Bertz CT molecular complexity index is 618. The summed E-state index contributed by atoms with van der Waals surface area (Å²) in [6.07, 6.45) is 2.40. The zero-order valence-corrected chi connectivity index (χ0v) is 11.1. The Morgan fingerprint density at radius 2 is 2.15 bits per heavy atom. The normalized spacial score (nSPS) is 14.4. The van der Waals surface area contributed by atoms with E-state index in [4.69, 9.17) is 10.5 Å². The number of ether oxygens (including phenoxy) is 1. The topological polar surface area (TPSA) is 51.4 Å². The van der Waals surface area contributed by atoms with Crippen molar-refractivity contribution in [1.29, 1.82) is 0 Å². The van der Waals surface area contributed by atoms with E-state index in [2.05, 4.69) is 4.98 Å². The lowest BCUT2D eigenvalue weighted by atomic mass is 10.2. The van der Waals surface area contributed by atoms with Gasteiger partial charge in [-0.05, 0) is 24.6 Å². The Morgan fingerprint density at radius 1 is 1.30 bits per heavy atom. The molecule has 104 valence electrons. The van der Waals surface area contributed by atoms with Crippen LogP contribution in [-0.4, -0.2) is 18.1 Å². The van der Waals surface area contributed by atoms with Gasteiger partial charge in [-0.2, -0.15) is 0 Å². The molecule has 0 spiro atoms. The number of benzene rings is 1. The van der Waals surface area contributed by atoms with Gasteiger partial charge in [-0.25, -0.2) is 9.37 Å². The highest BCUT2D eigenvalue weighted by Gasteiger charge is 2.22. The fourth-order valence-electron chi connectivity index (χ4n) is 2.36. The number of nitrogens with two attached hydrogens (primary N) is 1. The molecule has 2 N–H and O–H groups in total. The summed E-state index contributed by atoms with van der Waals surface area (Å²) < 4.78 is 20.1. The summed E-state index contributed by atoms with van der Waals surface area (Å²) in [5.41, 5.74) is 6.87. The maximum Gasteiger partial charge on any atom is 0.170 e. The number of fused-ring (bicyclic) bond motifs is 1. The first-order chi connectivity index (χ1) is 9.81. The molecule has 0 atom stereocenters. The van der Waals surface area contributed by atoms with Gasteiger partial charge in [0, 0.05) is 24.8 Å². The van der Waals surface area contributed by atoms with E-state index in [1.165, 1.54) is 0 Å². The van der Waals surface area contributed by atoms with Crippen molar-refractivity contribution in [2.24, 2.45) is 5.73 Å². The standard InChI is InChI=1S/C15H16FN3O/c16-14-11(10-17)6-7-18-15(14)19-8-3-9-20-13-5-2-1-4-12(13)19/h1-2,4-7H,3,8-10,17H2. The Balaban J connectivity index is 2.10. The van der Waals surface area contributed by atoms with Gasteiger partial charge in [0.1, 0.15) is 5.75 Å². The second-order valence-corrected chi connectivity index (χ2v) is 4.63. The maximum absolute atomic E-state index is 14.5. The molecule has 2 heterocycles. The van der Waals surface area contributed by atoms with Crippen LogP contribution in [-0.2, 0) is 6.54 Å². The minimum atomic E-state index is -0.355. The van der Waals surface area contributed by atoms with E-state index in [1.54, 1.807) is 12.3 Å². The van der Waals surface area contributed by atoms with Crippen LogP contribution in [0.3, 0.4) is 0 Å². The minimum absolute atomic E-state index is 0.160. The fourth-order valence-corrected chi connectivity index (χ4v) is 2.36. The van der Waals surface area contributed by atoms with Crippen LogP contribution in [0.1, 0.15) is 12.0 Å². The number of anilines is 2. The van der Waals surface area contributed by atoms with Crippen molar-refractivity contribution < 1.29 is 9.13 Å². The smallest absolute Gasteiger partial charge is 0.170 e. The Hall–Kier alpha value is -2.14. The van der Waals surface area contributed by atoms with Crippen molar-refractivity contribution in [3.63, 3.8) is 0 Å². The van der Waals surface area contributed by atoms with Crippen LogP contribution in [0.4, 0.5) is 15.9 Å². The Kier molecular flexibility index (Phi) is 3.52. The third-order valence-electron chi connectivity index (χ3n) is 3.37. The van der Waals surface area contributed by atoms with Crippen LogP contribution in [0.15, 0.2) is 36.5 Å². The highest BCUT2D eigenvalue weighted by atomic mass is 19.1. The first-order valence-corrected chi connectivity index (χ1v) is 6.64. The zero-order chi connectivity index (χ0) is 13.9. The second-order valence-electron chi connectivity index (χ2n) is 4.63. The second kappa shape index (κ2) is 5.46. The summed E-state index contributed by atoms with van der Waals surface area (Å²) in [6.45, 7) is 1.44. The van der Waals surface area contributed by atoms with Gasteiger partial charge in [0.25, 0.3) is 0 Å². The largest absolute Gasteiger partial charge is 0.491 e. The lowest BCUT2D eigenvalue weighted by Gasteiger charge is -2.23. The molecule has 0 radical (unpaired) electrons. The van der Waals surface area contributed by atoms with Gasteiger partial charge in [-0.3, -0.25) is 0 Å². The maximum atomic E-state index is 14.5. The van der Waals surface area contributed by atoms with E-state index in [-0.39, 0.29) is 12.4 Å². The molecular weight excluding hydrogens is 257 g/mol. The van der Waals surface area contributed by atoms with Gasteiger partial charge in [-0.15, -0.1) is 0 Å². The molecule has 0 fully saturated rings. The number of aromatic nitrogens is 1. The van der Waals surface area contributed by atoms with Crippen LogP contribution < -0.4 is 15.4 Å². The summed E-state index contributed by atoms with van der Waals surface area (Å²) in [7, 11) is 0. The molecule has 0 saturated carbocycles. The average Bonchev–Trinajstić information content (AvgIpc) is 2.70. The van der Waals surface area contributed by atoms with Crippen molar-refractivity contribution in [3.8, 4) is 5.75 Å². The molecule has 0 unspecified atom stereocenters. The van der Waals surface area contributed by atoms with E-state index >= 15 is 0 Å². The van der Waals surface area contributed by atoms with Gasteiger partial charge in [0.15, 0.2) is 11.6 Å². The Labute approximate surface area is 117 Å². The third-order valence-corrected chi connectivity index (χ3v) is 3.37. The van der Waals surface area contributed by atoms with E-state index in [0.29, 0.717) is 24.5 Å². The number of pyridine rings is 1. The first kappa shape index (κ1) is 12.9. The first-order valence-electron chi connectivity index (χ1n) is 6.64. The molecule has 1 aromatic heterocycles. The molecule has 1 aliphatic heterocycles. The van der Waals surface area contributed by atoms with Crippen LogP contribution in [0, 0.1) is 5.82 Å². The highest BCUT2D eigenvalue weighted by Crippen LogP contribution is 2.36. The number of hydrogen-bond donors (Lipinski definition) is 1. The van der Waals surface area contributed by atoms with Crippen molar-refractivity contribution in [1.82, 2.24) is 4.98 Å². The van der Waals surface area contributed by atoms with E-state index < -0.39 is 0 Å². The fraction of sp³-hybridized carbons (Fsp3) is 0.267. The third kappa shape index (κ3) is 2.20. The lowest BCUT2D eigenvalue weighted by molar-refractivity contribution is 0.322. The summed E-state index contributed by atoms with van der Waals surface area (Å²) in [4.78, 5) is 6.05. The minimum Gasteiger partial charge on any atom is -0.491 e. The molecule has 20 heavy (non-hydrogen) atoms. The zero-order valence-electron chi connectivity index (χ0n) is 11.1. The van der Waals surface area contributed by atoms with Crippen molar-refractivity contribution in [2.45, 2.75) is 13.0 Å². The van der Waals surface area contributed by atoms with Crippen LogP contribution in [0.25, 0.3) is 0 Å². The number of para-hydroxylation sites is 2. The molecule has 0 saturated heterocycles. The molecule has 0 bridgehead atoms. The van der Waals surface area contributed by atoms with Gasteiger partial charge in [0.05, 0.1) is 12.3 Å². The molecule has 5 heteroatoms. The van der Waals surface area contributed by atoms with Gasteiger partial charge >= 0.3 is 0 Å². The number of nitrogens with zero attached hydrogens (tertiary/aromatic N) is 2. The molecule has 1 aliphatic rings. The molecule has 0 amide bonds. The molecule has 3 rings (SSSR count). The lowest BCUT2D eigenvalue weighted by Crippen LogP contribution is -2.21. The SMILES string of the molecule is NCc1ccnc(N2CCCOc3ccccc32)c1F. The van der Waals surface area contributed by atoms with Gasteiger partial charge in [0.2, 0.25) is 0 Å². The molecule has 1 aromatic carbocycles. The van der Waals surface area contributed by atoms with Crippen molar-refractivity contribution in [3.05, 3.63) is 47.9 Å². The number of halogens is 1. The van der Waals surface area contributed by atoms with E-state index in [9.17, 15) is 4.39 Å². The van der Waals surface area contributed by atoms with Crippen molar-refractivity contribution in [2.75, 3.05) is 18.1 Å². The Morgan fingerprint density at radius 3 is 3.00 bits per heavy atom. The summed E-state index contributed by atoms with van der Waals surface area (Å²) >= 11 is 0. The summed E-state index contributed by atoms with van der Waals surface area (Å²) in [5.74, 6) is 0.710. The molecular formula is C15H16FN3O. The summed E-state index contributed by atoms with van der Waals surface area (Å²) in [5, 5.41) is 0. The quantitative estimate of drug-likeness (QED) is 0.913. The number of rotatable bonds is 2. The number of hydrogen-bond acceptors (Lipinski definition) is 4. The molecule has 4 nitrogen and oxygen atoms in total. The van der Waals surface area contributed by atoms with Gasteiger partial charge < -0.3 is 15.4 Å². The molecule has 0 aliphatic carbocycles. The van der Waals surface area contributed by atoms with Crippen molar-refractivity contribution >= 4 is 11.5 Å². The monoisotopic (exact) mass is 273 g/mol. The average molecular weight is 273 g/mol. The molecule has 2 aromatic rings. The predicted molar refractivity (Wildman–Crippen MR) is 75.6 cm³/mol. The van der Waals surface area contributed by atoms with Gasteiger partial charge in [-0.1, -0.05) is 12.1 Å². The predicted octanol–water partition coefficient (Wildman–Crippen LogP) is 2.60. The van der Waals surface area contributed by atoms with Crippen LogP contribution in [0.5, 0.6) is 5.75 Å². The van der Waals surface area contributed by atoms with E-state index in [0.717, 1.165) is 17.9 Å².